The Balaban J connectivity index is 1.05. The molecule has 4 heterocycles. The van der Waals surface area contributed by atoms with Gasteiger partial charge in [0.15, 0.2) is 11.4 Å². The lowest BCUT2D eigenvalue weighted by Crippen LogP contribution is -2.48. The van der Waals surface area contributed by atoms with E-state index in [0.717, 1.165) is 80.6 Å². The number of H-pyrrole nitrogens is 1. The number of carbonyl (C=O) groups excluding carboxylic acids is 1. The van der Waals surface area contributed by atoms with Gasteiger partial charge in [0.2, 0.25) is 0 Å². The van der Waals surface area contributed by atoms with Crippen molar-refractivity contribution < 1.29 is 13.7 Å². The summed E-state index contributed by atoms with van der Waals surface area (Å²) in [5.41, 5.74) is 3.37. The van der Waals surface area contributed by atoms with Crippen LogP contribution in [0.3, 0.4) is 0 Å². The van der Waals surface area contributed by atoms with Crippen LogP contribution in [0.25, 0.3) is 21.9 Å². The van der Waals surface area contributed by atoms with Gasteiger partial charge in [-0.3, -0.25) is 9.69 Å². The molecule has 1 atom stereocenters. The number of halogens is 1. The van der Waals surface area contributed by atoms with Crippen LogP contribution in [0.1, 0.15) is 35.3 Å². The molecule has 0 saturated carbocycles. The Labute approximate surface area is 203 Å². The molecule has 7 nitrogen and oxygen atoms in total. The van der Waals surface area contributed by atoms with Crippen LogP contribution in [0, 0.1) is 12.7 Å². The molecule has 4 aromatic rings. The number of piperazine rings is 1. The van der Waals surface area contributed by atoms with E-state index in [1.165, 1.54) is 17.7 Å². The van der Waals surface area contributed by atoms with E-state index < -0.39 is 0 Å². The molecular weight excluding hydrogens is 445 g/mol. The van der Waals surface area contributed by atoms with Gasteiger partial charge in [0.05, 0.1) is 5.39 Å². The minimum atomic E-state index is -0.316. The Kier molecular flexibility index (Phi) is 5.68. The van der Waals surface area contributed by atoms with Gasteiger partial charge in [0.1, 0.15) is 11.5 Å². The molecule has 1 N–H and O–H groups in total. The number of nitrogens with zero attached hydrogens (tertiary/aromatic N) is 4. The number of benzene rings is 2. The SMILES string of the molecule is Cc1ccc2cc(C(=O)N3CCCC3CCN3CCN(c4noc5cc(F)ccc45)CC3)[nH]c2c1. The van der Waals surface area contributed by atoms with Crippen molar-refractivity contribution in [3.8, 4) is 0 Å². The Morgan fingerprint density at radius 2 is 1.97 bits per heavy atom. The molecule has 8 heteroatoms. The quantitative estimate of drug-likeness (QED) is 0.458. The zero-order chi connectivity index (χ0) is 23.9. The normalized spacial score (nSPS) is 19.3. The predicted octanol–water partition coefficient (Wildman–Crippen LogP) is 4.57. The summed E-state index contributed by atoms with van der Waals surface area (Å²) in [5.74, 6) is 0.588. The molecular formula is C27H30FN5O2. The molecule has 182 valence electrons. The number of aromatic amines is 1. The van der Waals surface area contributed by atoms with Gasteiger partial charge in [-0.25, -0.2) is 4.39 Å². The van der Waals surface area contributed by atoms with Gasteiger partial charge >= 0.3 is 0 Å². The van der Waals surface area contributed by atoms with E-state index in [1.54, 1.807) is 6.07 Å². The summed E-state index contributed by atoms with van der Waals surface area (Å²) in [6.07, 6.45) is 3.10. The topological polar surface area (TPSA) is 68.6 Å². The molecule has 2 aromatic heterocycles. The molecule has 2 aliphatic heterocycles. The van der Waals surface area contributed by atoms with Crippen molar-refractivity contribution in [2.45, 2.75) is 32.2 Å². The lowest BCUT2D eigenvalue weighted by Gasteiger charge is -2.35. The average molecular weight is 476 g/mol. The first-order valence-electron chi connectivity index (χ1n) is 12.5. The predicted molar refractivity (Wildman–Crippen MR) is 134 cm³/mol. The second kappa shape index (κ2) is 9.00. The van der Waals surface area contributed by atoms with Gasteiger partial charge in [0, 0.05) is 62.3 Å². The van der Waals surface area contributed by atoms with Gasteiger partial charge in [-0.1, -0.05) is 17.3 Å². The van der Waals surface area contributed by atoms with Crippen LogP contribution in [0.5, 0.6) is 0 Å². The smallest absolute Gasteiger partial charge is 0.270 e. The van der Waals surface area contributed by atoms with Crippen molar-refractivity contribution in [1.82, 2.24) is 19.9 Å². The molecule has 0 aliphatic carbocycles. The van der Waals surface area contributed by atoms with Crippen LogP contribution >= 0.6 is 0 Å². The average Bonchev–Trinajstić information content (AvgIpc) is 3.60. The number of hydrogen-bond acceptors (Lipinski definition) is 5. The zero-order valence-electron chi connectivity index (χ0n) is 20.0. The molecule has 2 aliphatic rings. The highest BCUT2D eigenvalue weighted by atomic mass is 19.1. The first-order valence-corrected chi connectivity index (χ1v) is 12.5. The standard InChI is InChI=1S/C27H30FN5O2/c1-18-4-5-19-16-24(29-23(19)15-18)27(34)33-9-2-3-21(33)8-10-31-11-13-32(14-12-31)26-22-7-6-20(28)17-25(22)35-30-26/h4-7,15-17,21,29H,2-3,8-14H2,1H3. The van der Waals surface area contributed by atoms with Crippen LogP contribution in [0.15, 0.2) is 47.0 Å². The summed E-state index contributed by atoms with van der Waals surface area (Å²) in [5, 5.41) is 6.13. The number of aromatic nitrogens is 2. The van der Waals surface area contributed by atoms with E-state index in [9.17, 15) is 9.18 Å². The Hall–Kier alpha value is -3.39. The van der Waals surface area contributed by atoms with Crippen molar-refractivity contribution in [2.75, 3.05) is 44.2 Å². The number of carbonyl (C=O) groups is 1. The number of anilines is 1. The van der Waals surface area contributed by atoms with Crippen molar-refractivity contribution >= 4 is 33.6 Å². The third kappa shape index (κ3) is 4.27. The fourth-order valence-electron chi connectivity index (χ4n) is 5.56. The molecule has 2 fully saturated rings. The van der Waals surface area contributed by atoms with Gasteiger partial charge in [-0.15, -0.1) is 0 Å². The van der Waals surface area contributed by atoms with Crippen LogP contribution < -0.4 is 4.90 Å². The van der Waals surface area contributed by atoms with Crippen LogP contribution in [0.2, 0.25) is 0 Å². The molecule has 2 aromatic carbocycles. The number of aryl methyl sites for hydroxylation is 1. The number of rotatable bonds is 5. The van der Waals surface area contributed by atoms with Crippen LogP contribution in [-0.4, -0.2) is 71.2 Å². The highest BCUT2D eigenvalue weighted by molar-refractivity contribution is 5.98. The largest absolute Gasteiger partial charge is 0.354 e. The molecule has 0 radical (unpaired) electrons. The number of likely N-dealkylation sites (tertiary alicyclic amines) is 1. The second-order valence-corrected chi connectivity index (χ2v) is 9.83. The number of fused-ring (bicyclic) bond motifs is 2. The monoisotopic (exact) mass is 475 g/mol. The molecule has 6 rings (SSSR count). The minimum Gasteiger partial charge on any atom is -0.354 e. The van der Waals surface area contributed by atoms with Gasteiger partial charge in [-0.2, -0.15) is 0 Å². The van der Waals surface area contributed by atoms with E-state index >= 15 is 0 Å². The maximum Gasteiger partial charge on any atom is 0.270 e. The van der Waals surface area contributed by atoms with Crippen molar-refractivity contribution in [1.29, 1.82) is 0 Å². The highest BCUT2D eigenvalue weighted by Crippen LogP contribution is 2.28. The van der Waals surface area contributed by atoms with Crippen molar-refractivity contribution in [3.63, 3.8) is 0 Å². The van der Waals surface area contributed by atoms with Gasteiger partial charge in [-0.05, 0) is 56.0 Å². The molecule has 2 saturated heterocycles. The summed E-state index contributed by atoms with van der Waals surface area (Å²) in [6.45, 7) is 7.41. The summed E-state index contributed by atoms with van der Waals surface area (Å²) in [4.78, 5) is 23.4. The third-order valence-corrected chi connectivity index (χ3v) is 7.51. The second-order valence-electron chi connectivity index (χ2n) is 9.83. The Morgan fingerprint density at radius 3 is 2.83 bits per heavy atom. The van der Waals surface area contributed by atoms with Crippen molar-refractivity contribution in [2.24, 2.45) is 0 Å². The number of hydrogen-bond donors (Lipinski definition) is 1. The summed E-state index contributed by atoms with van der Waals surface area (Å²) in [7, 11) is 0. The van der Waals surface area contributed by atoms with E-state index in [2.05, 4.69) is 50.0 Å². The van der Waals surface area contributed by atoms with E-state index in [0.29, 0.717) is 11.3 Å². The lowest BCUT2D eigenvalue weighted by atomic mass is 10.1. The molecule has 0 spiro atoms. The summed E-state index contributed by atoms with van der Waals surface area (Å²) in [6, 6.07) is 13.1. The highest BCUT2D eigenvalue weighted by Gasteiger charge is 2.31. The van der Waals surface area contributed by atoms with Gasteiger partial charge in [0.25, 0.3) is 5.91 Å². The van der Waals surface area contributed by atoms with E-state index in [4.69, 9.17) is 4.52 Å². The lowest BCUT2D eigenvalue weighted by molar-refractivity contribution is 0.0715. The van der Waals surface area contributed by atoms with Crippen molar-refractivity contribution in [3.05, 3.63) is 59.5 Å². The Bertz CT molecular complexity index is 1370. The molecule has 1 amide bonds. The summed E-state index contributed by atoms with van der Waals surface area (Å²) >= 11 is 0. The third-order valence-electron chi connectivity index (χ3n) is 7.51. The number of nitrogens with one attached hydrogen (secondary N) is 1. The van der Waals surface area contributed by atoms with E-state index in [1.807, 2.05) is 6.07 Å². The maximum absolute atomic E-state index is 13.5. The van der Waals surface area contributed by atoms with E-state index in [-0.39, 0.29) is 17.8 Å². The summed E-state index contributed by atoms with van der Waals surface area (Å²) < 4.78 is 18.8. The zero-order valence-corrected chi connectivity index (χ0v) is 20.0. The fraction of sp³-hybridized carbons (Fsp3) is 0.407. The van der Waals surface area contributed by atoms with Crippen LogP contribution in [-0.2, 0) is 0 Å². The molecule has 1 unspecified atom stereocenters. The molecule has 0 bridgehead atoms. The van der Waals surface area contributed by atoms with Crippen LogP contribution in [0.4, 0.5) is 10.2 Å². The first kappa shape index (κ1) is 22.1. The molecule has 35 heavy (non-hydrogen) atoms. The van der Waals surface area contributed by atoms with Gasteiger partial charge < -0.3 is 19.3 Å². The fourth-order valence-corrected chi connectivity index (χ4v) is 5.56. The maximum atomic E-state index is 13.5. The Morgan fingerprint density at radius 1 is 1.11 bits per heavy atom. The number of amides is 1. The first-order chi connectivity index (χ1) is 17.0. The minimum absolute atomic E-state index is 0.112.